The highest BCUT2D eigenvalue weighted by molar-refractivity contribution is 7.98. The largest absolute Gasteiger partial charge is 0.467 e. The minimum atomic E-state index is -0.431. The molecule has 2 heterocycles. The molecule has 4 rings (SSSR count). The maximum atomic E-state index is 11.3. The fourth-order valence-corrected chi connectivity index (χ4v) is 3.97. The zero-order valence-corrected chi connectivity index (χ0v) is 16.7. The van der Waals surface area contributed by atoms with Crippen LogP contribution in [-0.2, 0) is 21.9 Å². The topological polar surface area (TPSA) is 121 Å². The quantitative estimate of drug-likeness (QED) is 0.361. The number of carbonyl (C=O) groups excluding carboxylic acids is 1. The van der Waals surface area contributed by atoms with Crippen LogP contribution >= 0.6 is 11.8 Å². The van der Waals surface area contributed by atoms with Gasteiger partial charge >= 0.3 is 0 Å². The number of rotatable bonds is 6. The highest BCUT2D eigenvalue weighted by atomic mass is 32.2. The van der Waals surface area contributed by atoms with Crippen LogP contribution in [0.15, 0.2) is 47.9 Å². The van der Waals surface area contributed by atoms with Crippen LogP contribution in [0.2, 0.25) is 0 Å². The number of fused-ring (bicyclic) bond motifs is 1. The lowest BCUT2D eigenvalue weighted by Crippen LogP contribution is -2.13. The second-order valence-electron chi connectivity index (χ2n) is 6.46. The lowest BCUT2D eigenvalue weighted by atomic mass is 10.1. The zero-order chi connectivity index (χ0) is 21.1. The van der Waals surface area contributed by atoms with Crippen LogP contribution in [0, 0.1) is 10.1 Å². The van der Waals surface area contributed by atoms with Crippen molar-refractivity contribution in [3.05, 3.63) is 64.0 Å². The van der Waals surface area contributed by atoms with Gasteiger partial charge in [-0.1, -0.05) is 17.8 Å². The average molecular weight is 427 g/mol. The van der Waals surface area contributed by atoms with Crippen molar-refractivity contribution in [2.45, 2.75) is 24.4 Å². The highest BCUT2D eigenvalue weighted by Crippen LogP contribution is 2.36. The Hall–Kier alpha value is -3.44. The van der Waals surface area contributed by atoms with Crippen LogP contribution in [0.3, 0.4) is 0 Å². The van der Waals surface area contributed by atoms with E-state index in [4.69, 9.17) is 9.47 Å². The first-order valence-electron chi connectivity index (χ1n) is 8.93. The van der Waals surface area contributed by atoms with Crippen molar-refractivity contribution in [2.75, 3.05) is 12.1 Å². The van der Waals surface area contributed by atoms with Crippen LogP contribution in [0.4, 0.5) is 11.4 Å². The molecule has 154 valence electrons. The average Bonchev–Trinajstić information content (AvgIpc) is 3.20. The number of hydrogen-bond donors (Lipinski definition) is 1. The van der Waals surface area contributed by atoms with Crippen molar-refractivity contribution in [3.63, 3.8) is 0 Å². The third kappa shape index (κ3) is 4.26. The van der Waals surface area contributed by atoms with E-state index in [-0.39, 0.29) is 25.0 Å². The molecule has 0 spiro atoms. The van der Waals surface area contributed by atoms with Gasteiger partial charge in [-0.15, -0.1) is 10.2 Å². The minimum Gasteiger partial charge on any atom is -0.467 e. The van der Waals surface area contributed by atoms with Gasteiger partial charge < -0.3 is 14.8 Å². The van der Waals surface area contributed by atoms with E-state index in [0.717, 1.165) is 5.69 Å². The molecule has 1 amide bonds. The molecule has 0 atom stereocenters. The van der Waals surface area contributed by atoms with E-state index in [9.17, 15) is 14.9 Å². The van der Waals surface area contributed by atoms with E-state index in [2.05, 4.69) is 15.5 Å². The summed E-state index contributed by atoms with van der Waals surface area (Å²) in [7, 11) is 0. The molecule has 0 bridgehead atoms. The fourth-order valence-electron chi connectivity index (χ4n) is 3.07. The van der Waals surface area contributed by atoms with Crippen molar-refractivity contribution in [1.29, 1.82) is 0 Å². The summed E-state index contributed by atoms with van der Waals surface area (Å²) < 4.78 is 12.6. The number of benzene rings is 2. The third-order valence-corrected chi connectivity index (χ3v) is 5.29. The number of amides is 1. The molecule has 1 aliphatic heterocycles. The number of aromatic nitrogens is 3. The molecule has 0 saturated carbocycles. The van der Waals surface area contributed by atoms with E-state index < -0.39 is 4.92 Å². The standard InChI is InChI=1S/C19H17N5O5S/c1-12(25)21-15-3-2-4-16(7-15)23-10-20-22-19(23)30-9-14-6-17(24(26)27)5-13-8-28-11-29-18(13)14/h2-7,10H,8-9,11H2,1H3,(H,21,25). The summed E-state index contributed by atoms with van der Waals surface area (Å²) in [6.45, 7) is 1.81. The second kappa shape index (κ2) is 8.51. The van der Waals surface area contributed by atoms with E-state index in [1.807, 2.05) is 18.2 Å². The maximum Gasteiger partial charge on any atom is 0.270 e. The summed E-state index contributed by atoms with van der Waals surface area (Å²) in [5, 5.41) is 22.8. The van der Waals surface area contributed by atoms with Crippen LogP contribution in [0.1, 0.15) is 18.1 Å². The van der Waals surface area contributed by atoms with Gasteiger partial charge in [0.15, 0.2) is 11.9 Å². The second-order valence-corrected chi connectivity index (χ2v) is 7.41. The van der Waals surface area contributed by atoms with Gasteiger partial charge in [-0.05, 0) is 18.2 Å². The smallest absolute Gasteiger partial charge is 0.270 e. The molecule has 30 heavy (non-hydrogen) atoms. The molecule has 3 aromatic rings. The van der Waals surface area contributed by atoms with E-state index >= 15 is 0 Å². The fraction of sp³-hybridized carbons (Fsp3) is 0.211. The Morgan fingerprint density at radius 3 is 3.03 bits per heavy atom. The Morgan fingerprint density at radius 1 is 1.37 bits per heavy atom. The van der Waals surface area contributed by atoms with Gasteiger partial charge in [-0.25, -0.2) is 0 Å². The van der Waals surface area contributed by atoms with Crippen molar-refractivity contribution in [2.24, 2.45) is 0 Å². The predicted molar refractivity (Wildman–Crippen MR) is 109 cm³/mol. The number of carbonyl (C=O) groups is 1. The van der Waals surface area contributed by atoms with Crippen molar-refractivity contribution in [1.82, 2.24) is 14.8 Å². The molecule has 0 unspecified atom stereocenters. The monoisotopic (exact) mass is 427 g/mol. The molecule has 1 aromatic heterocycles. The Kier molecular flexibility index (Phi) is 5.63. The first-order valence-corrected chi connectivity index (χ1v) is 9.91. The zero-order valence-electron chi connectivity index (χ0n) is 15.9. The molecule has 0 aliphatic carbocycles. The van der Waals surface area contributed by atoms with Gasteiger partial charge in [0.1, 0.15) is 12.1 Å². The van der Waals surface area contributed by atoms with Crippen molar-refractivity contribution < 1.29 is 19.2 Å². The number of nitro groups is 1. The van der Waals surface area contributed by atoms with Crippen molar-refractivity contribution in [3.8, 4) is 11.4 Å². The van der Waals surface area contributed by atoms with Crippen LogP contribution < -0.4 is 10.1 Å². The Labute approximate surface area is 175 Å². The number of anilines is 1. The van der Waals surface area contributed by atoms with Crippen LogP contribution in [0.5, 0.6) is 5.75 Å². The molecule has 2 aromatic carbocycles. The SMILES string of the molecule is CC(=O)Nc1cccc(-n2cnnc2SCc2cc([N+](=O)[O-])cc3c2OCOC3)c1. The van der Waals surface area contributed by atoms with Crippen molar-refractivity contribution >= 4 is 29.0 Å². The Morgan fingerprint density at radius 2 is 2.23 bits per heavy atom. The minimum absolute atomic E-state index is 0.0112. The van der Waals surface area contributed by atoms with Gasteiger partial charge in [-0.3, -0.25) is 19.5 Å². The van der Waals surface area contributed by atoms with Gasteiger partial charge in [0, 0.05) is 41.6 Å². The highest BCUT2D eigenvalue weighted by Gasteiger charge is 2.21. The van der Waals surface area contributed by atoms with Gasteiger partial charge in [-0.2, -0.15) is 0 Å². The molecule has 0 saturated heterocycles. The van der Waals surface area contributed by atoms with Gasteiger partial charge in [0.2, 0.25) is 5.91 Å². The first-order chi connectivity index (χ1) is 14.5. The van der Waals surface area contributed by atoms with E-state index in [1.165, 1.54) is 30.8 Å². The summed E-state index contributed by atoms with van der Waals surface area (Å²) in [5.41, 5.74) is 2.76. The molecule has 1 N–H and O–H groups in total. The normalized spacial score (nSPS) is 12.7. The lowest BCUT2D eigenvalue weighted by molar-refractivity contribution is -0.385. The Bertz CT molecular complexity index is 1120. The summed E-state index contributed by atoms with van der Waals surface area (Å²) >= 11 is 1.37. The predicted octanol–water partition coefficient (Wildman–Crippen LogP) is 3.29. The molecule has 10 nitrogen and oxygen atoms in total. The molecule has 11 heteroatoms. The number of hydrogen-bond acceptors (Lipinski definition) is 8. The number of ether oxygens (including phenoxy) is 2. The van der Waals surface area contributed by atoms with Crippen LogP contribution in [-0.4, -0.2) is 32.4 Å². The van der Waals surface area contributed by atoms with Crippen LogP contribution in [0.25, 0.3) is 5.69 Å². The van der Waals surface area contributed by atoms with Gasteiger partial charge in [0.25, 0.3) is 5.69 Å². The molecule has 0 radical (unpaired) electrons. The molecule has 0 fully saturated rings. The van der Waals surface area contributed by atoms with E-state index in [1.54, 1.807) is 17.0 Å². The molecular weight excluding hydrogens is 410 g/mol. The Balaban J connectivity index is 1.59. The summed E-state index contributed by atoms with van der Waals surface area (Å²) in [6, 6.07) is 10.3. The summed E-state index contributed by atoms with van der Waals surface area (Å²) in [6.07, 6.45) is 1.57. The lowest BCUT2D eigenvalue weighted by Gasteiger charge is -2.20. The maximum absolute atomic E-state index is 11.3. The molecular formula is C19H17N5O5S. The number of nitro benzene ring substituents is 1. The number of nitrogens with one attached hydrogen (secondary N) is 1. The third-order valence-electron chi connectivity index (χ3n) is 4.30. The first kappa shape index (κ1) is 19.9. The molecule has 1 aliphatic rings. The number of nitrogens with zero attached hydrogens (tertiary/aromatic N) is 4. The number of thioether (sulfide) groups is 1. The summed E-state index contributed by atoms with van der Waals surface area (Å²) in [4.78, 5) is 22.2. The summed E-state index contributed by atoms with van der Waals surface area (Å²) in [5.74, 6) is 0.844. The van der Waals surface area contributed by atoms with Gasteiger partial charge in [0.05, 0.1) is 17.2 Å². The van der Waals surface area contributed by atoms with E-state index in [0.29, 0.717) is 33.5 Å². The number of non-ortho nitro benzene ring substituents is 1.